The largest absolute Gasteiger partial charge is 0.497 e. The maximum Gasteiger partial charge on any atom is 0.264 e. The second kappa shape index (κ2) is 10.2. The third-order valence-electron chi connectivity index (χ3n) is 7.16. The molecule has 2 aliphatic rings. The Balaban J connectivity index is 1.75. The van der Waals surface area contributed by atoms with Crippen molar-refractivity contribution in [3.05, 3.63) is 101 Å². The van der Waals surface area contributed by atoms with Crippen molar-refractivity contribution in [3.8, 4) is 5.75 Å². The van der Waals surface area contributed by atoms with Gasteiger partial charge in [0.2, 0.25) is 0 Å². The summed E-state index contributed by atoms with van der Waals surface area (Å²) in [5.41, 5.74) is -0.491. The maximum atomic E-state index is 14.6. The lowest BCUT2D eigenvalue weighted by atomic mass is 9.82. The lowest BCUT2D eigenvalue weighted by molar-refractivity contribution is -0.142. The average molecular weight is 503 g/mol. The van der Waals surface area contributed by atoms with Gasteiger partial charge in [-0.2, -0.15) is 0 Å². The number of ether oxygens (including phenoxy) is 1. The third-order valence-corrected chi connectivity index (χ3v) is 7.16. The first kappa shape index (κ1) is 24.7. The first-order chi connectivity index (χ1) is 17.9. The van der Waals surface area contributed by atoms with E-state index in [4.69, 9.17) is 4.74 Å². The molecule has 1 atom stereocenters. The van der Waals surface area contributed by atoms with Crippen LogP contribution in [0.1, 0.15) is 43.2 Å². The number of halogens is 2. The molecule has 190 valence electrons. The summed E-state index contributed by atoms with van der Waals surface area (Å²) in [5, 5.41) is 3.23. The fourth-order valence-electron chi connectivity index (χ4n) is 5.37. The van der Waals surface area contributed by atoms with Crippen LogP contribution in [0.3, 0.4) is 0 Å². The zero-order chi connectivity index (χ0) is 26.0. The van der Waals surface area contributed by atoms with Gasteiger partial charge >= 0.3 is 0 Å². The van der Waals surface area contributed by atoms with E-state index in [1.54, 1.807) is 37.5 Å². The first-order valence-corrected chi connectivity index (χ1v) is 12.5. The van der Waals surface area contributed by atoms with Gasteiger partial charge < -0.3 is 10.1 Å². The van der Waals surface area contributed by atoms with Crippen molar-refractivity contribution in [1.82, 2.24) is 4.90 Å². The van der Waals surface area contributed by atoms with Crippen LogP contribution < -0.4 is 10.1 Å². The number of imide groups is 1. The minimum atomic E-state index is -1.83. The number of nitrogens with one attached hydrogen (secondary N) is 1. The highest BCUT2D eigenvalue weighted by Gasteiger charge is 2.59. The van der Waals surface area contributed by atoms with Gasteiger partial charge in [0.05, 0.1) is 12.7 Å². The molecule has 1 N–H and O–H groups in total. The highest BCUT2D eigenvalue weighted by molar-refractivity contribution is 6.23. The molecular formula is C30H28F2N2O3. The normalized spacial score (nSPS) is 21.5. The van der Waals surface area contributed by atoms with Crippen LogP contribution in [0.15, 0.2) is 78.4 Å². The van der Waals surface area contributed by atoms with E-state index in [0.29, 0.717) is 29.8 Å². The molecule has 1 saturated heterocycles. The monoisotopic (exact) mass is 502 g/mol. The summed E-state index contributed by atoms with van der Waals surface area (Å²) in [7, 11) is 1.54. The fraction of sp³-hybridized carbons (Fsp3) is 0.267. The van der Waals surface area contributed by atoms with Crippen molar-refractivity contribution < 1.29 is 23.1 Å². The van der Waals surface area contributed by atoms with E-state index >= 15 is 0 Å². The number of anilines is 1. The second-order valence-corrected chi connectivity index (χ2v) is 9.50. The summed E-state index contributed by atoms with van der Waals surface area (Å²) in [6, 6.07) is 18.7. The molecule has 7 heteroatoms. The summed E-state index contributed by atoms with van der Waals surface area (Å²) in [4.78, 5) is 29.8. The Morgan fingerprint density at radius 2 is 1.57 bits per heavy atom. The van der Waals surface area contributed by atoms with Crippen LogP contribution in [0.2, 0.25) is 0 Å². The molecule has 0 aromatic heterocycles. The molecule has 3 aromatic rings. The van der Waals surface area contributed by atoms with Crippen LogP contribution in [0.25, 0.3) is 6.08 Å². The molecule has 2 amide bonds. The summed E-state index contributed by atoms with van der Waals surface area (Å²) in [6.45, 7) is 0. The van der Waals surface area contributed by atoms with Crippen LogP contribution in [0.5, 0.6) is 5.75 Å². The van der Waals surface area contributed by atoms with Crippen molar-refractivity contribution in [2.75, 3.05) is 12.4 Å². The predicted octanol–water partition coefficient (Wildman–Crippen LogP) is 6.07. The van der Waals surface area contributed by atoms with Crippen molar-refractivity contribution in [2.24, 2.45) is 0 Å². The van der Waals surface area contributed by atoms with Crippen LogP contribution in [0, 0.1) is 11.6 Å². The molecule has 0 radical (unpaired) electrons. The SMILES string of the molecule is COc1ccc(NC2(c3cc(F)cc(F)c3)C(=O)N(C3CCCCC3)C(=O)C2=Cc2ccccc2)cc1. The number of hydrogen-bond donors (Lipinski definition) is 1. The summed E-state index contributed by atoms with van der Waals surface area (Å²) >= 11 is 0. The zero-order valence-electron chi connectivity index (χ0n) is 20.5. The topological polar surface area (TPSA) is 58.6 Å². The molecule has 5 nitrogen and oxygen atoms in total. The molecule has 37 heavy (non-hydrogen) atoms. The summed E-state index contributed by atoms with van der Waals surface area (Å²) < 4.78 is 34.5. The lowest BCUT2D eigenvalue weighted by Crippen LogP contribution is -2.48. The standard InChI is InChI=1S/C30H28F2N2O3/c1-37-26-14-12-24(13-15-26)33-30(21-17-22(31)19-23(32)18-21)27(16-20-8-4-2-5-9-20)28(35)34(29(30)36)25-10-6-3-7-11-25/h2,4-5,8-9,12-19,25,33H,3,6-7,10-11H2,1H3. The maximum absolute atomic E-state index is 14.6. The number of carbonyl (C=O) groups excluding carboxylic acids is 2. The van der Waals surface area contributed by atoms with Gasteiger partial charge in [0.15, 0.2) is 5.54 Å². The first-order valence-electron chi connectivity index (χ1n) is 12.5. The molecule has 0 spiro atoms. The summed E-state index contributed by atoms with van der Waals surface area (Å²) in [6.07, 6.45) is 5.91. The molecule has 1 heterocycles. The van der Waals surface area contributed by atoms with Gasteiger partial charge in [-0.3, -0.25) is 14.5 Å². The molecule has 1 aliphatic carbocycles. The average Bonchev–Trinajstić information content (AvgIpc) is 3.11. The minimum absolute atomic E-state index is 0.0275. The Labute approximate surface area is 214 Å². The van der Waals surface area contributed by atoms with Gasteiger partial charge in [0, 0.05) is 17.8 Å². The van der Waals surface area contributed by atoms with E-state index in [0.717, 1.165) is 37.5 Å². The second-order valence-electron chi connectivity index (χ2n) is 9.50. The molecule has 1 unspecified atom stereocenters. The van der Waals surface area contributed by atoms with Crippen LogP contribution in [-0.2, 0) is 15.1 Å². The van der Waals surface area contributed by atoms with E-state index in [1.807, 2.05) is 30.3 Å². The van der Waals surface area contributed by atoms with Gasteiger partial charge in [-0.25, -0.2) is 8.78 Å². The number of hydrogen-bond acceptors (Lipinski definition) is 4. The Hall–Kier alpha value is -4.00. The Morgan fingerprint density at radius 1 is 0.919 bits per heavy atom. The van der Waals surface area contributed by atoms with Crippen molar-refractivity contribution in [2.45, 2.75) is 43.7 Å². The van der Waals surface area contributed by atoms with E-state index in [9.17, 15) is 18.4 Å². The molecule has 0 bridgehead atoms. The molecular weight excluding hydrogens is 474 g/mol. The van der Waals surface area contributed by atoms with Crippen molar-refractivity contribution in [3.63, 3.8) is 0 Å². The van der Waals surface area contributed by atoms with E-state index in [1.165, 1.54) is 4.90 Å². The molecule has 2 fully saturated rings. The van der Waals surface area contributed by atoms with Crippen LogP contribution in [-0.4, -0.2) is 29.9 Å². The number of benzene rings is 3. The number of methoxy groups -OCH3 is 1. The van der Waals surface area contributed by atoms with E-state index in [2.05, 4.69) is 5.32 Å². The van der Waals surface area contributed by atoms with Crippen LogP contribution in [0.4, 0.5) is 14.5 Å². The van der Waals surface area contributed by atoms with E-state index < -0.39 is 29.0 Å². The Morgan fingerprint density at radius 3 is 2.19 bits per heavy atom. The number of amides is 2. The van der Waals surface area contributed by atoms with Gasteiger partial charge in [-0.05, 0) is 66.4 Å². The third kappa shape index (κ3) is 4.61. The minimum Gasteiger partial charge on any atom is -0.497 e. The zero-order valence-corrected chi connectivity index (χ0v) is 20.5. The Kier molecular flexibility index (Phi) is 6.78. The molecule has 5 rings (SSSR count). The van der Waals surface area contributed by atoms with Crippen LogP contribution >= 0.6 is 0 Å². The smallest absolute Gasteiger partial charge is 0.264 e. The molecule has 3 aromatic carbocycles. The quantitative estimate of drug-likeness (QED) is 0.329. The number of carbonyl (C=O) groups is 2. The van der Waals surface area contributed by atoms with Crippen molar-refractivity contribution in [1.29, 1.82) is 0 Å². The highest BCUT2D eigenvalue weighted by atomic mass is 19.1. The van der Waals surface area contributed by atoms with Gasteiger partial charge in [-0.1, -0.05) is 49.6 Å². The molecule has 1 aliphatic heterocycles. The Bertz CT molecular complexity index is 1310. The number of nitrogens with zero attached hydrogens (tertiary/aromatic N) is 1. The lowest BCUT2D eigenvalue weighted by Gasteiger charge is -2.33. The van der Waals surface area contributed by atoms with Gasteiger partial charge in [0.1, 0.15) is 17.4 Å². The predicted molar refractivity (Wildman–Crippen MR) is 138 cm³/mol. The van der Waals surface area contributed by atoms with Crippen molar-refractivity contribution >= 4 is 23.6 Å². The number of likely N-dealkylation sites (tertiary alicyclic amines) is 1. The fourth-order valence-corrected chi connectivity index (χ4v) is 5.37. The van der Waals surface area contributed by atoms with E-state index in [-0.39, 0.29) is 17.2 Å². The van der Waals surface area contributed by atoms with Gasteiger partial charge in [0.25, 0.3) is 11.8 Å². The highest BCUT2D eigenvalue weighted by Crippen LogP contribution is 2.45. The molecule has 1 saturated carbocycles. The number of rotatable bonds is 6. The summed E-state index contributed by atoms with van der Waals surface area (Å²) in [5.74, 6) is -2.05. The van der Waals surface area contributed by atoms with Gasteiger partial charge in [-0.15, -0.1) is 0 Å².